The number of imidazole rings is 1. The zero-order chi connectivity index (χ0) is 12.7. The number of nitrogens with one attached hydrogen (secondary N) is 1. The van der Waals surface area contributed by atoms with E-state index < -0.39 is 0 Å². The average Bonchev–Trinajstić information content (AvgIpc) is 2.91. The van der Waals surface area contributed by atoms with Gasteiger partial charge in [0.05, 0.1) is 22.3 Å². The van der Waals surface area contributed by atoms with Gasteiger partial charge in [0.25, 0.3) is 0 Å². The fourth-order valence-electron chi connectivity index (χ4n) is 2.15. The SMILES string of the molecule is CCc1nn(C)cc1-c1nc2ccc(N)cc2[nH]1. The van der Waals surface area contributed by atoms with Crippen LogP contribution in [0.25, 0.3) is 22.4 Å². The van der Waals surface area contributed by atoms with Crippen molar-refractivity contribution in [3.05, 3.63) is 30.1 Å². The summed E-state index contributed by atoms with van der Waals surface area (Å²) in [7, 11) is 1.92. The number of nitrogen functional groups attached to an aromatic ring is 1. The second kappa shape index (κ2) is 3.87. The van der Waals surface area contributed by atoms with Crippen LogP contribution in [0.4, 0.5) is 5.69 Å². The van der Waals surface area contributed by atoms with Gasteiger partial charge < -0.3 is 10.7 Å². The summed E-state index contributed by atoms with van der Waals surface area (Å²) in [6.07, 6.45) is 2.87. The van der Waals surface area contributed by atoms with Gasteiger partial charge in [-0.25, -0.2) is 4.98 Å². The van der Waals surface area contributed by atoms with Crippen LogP contribution in [0, 0.1) is 0 Å². The third-order valence-corrected chi connectivity index (χ3v) is 3.00. The zero-order valence-corrected chi connectivity index (χ0v) is 10.4. The van der Waals surface area contributed by atoms with E-state index in [1.807, 2.05) is 36.1 Å². The van der Waals surface area contributed by atoms with Gasteiger partial charge in [-0.15, -0.1) is 0 Å². The molecule has 18 heavy (non-hydrogen) atoms. The Morgan fingerprint density at radius 1 is 1.39 bits per heavy atom. The Morgan fingerprint density at radius 3 is 3.00 bits per heavy atom. The molecule has 0 atom stereocenters. The summed E-state index contributed by atoms with van der Waals surface area (Å²) >= 11 is 0. The van der Waals surface area contributed by atoms with Crippen molar-refractivity contribution in [1.82, 2.24) is 19.7 Å². The fraction of sp³-hybridized carbons (Fsp3) is 0.231. The number of rotatable bonds is 2. The lowest BCUT2D eigenvalue weighted by Crippen LogP contribution is -1.89. The largest absolute Gasteiger partial charge is 0.399 e. The lowest BCUT2D eigenvalue weighted by molar-refractivity contribution is 0.746. The normalized spacial score (nSPS) is 11.2. The highest BCUT2D eigenvalue weighted by atomic mass is 15.3. The number of aromatic nitrogens is 4. The first kappa shape index (κ1) is 10.8. The van der Waals surface area contributed by atoms with Crippen molar-refractivity contribution in [3.8, 4) is 11.4 Å². The molecule has 0 unspecified atom stereocenters. The Kier molecular flexibility index (Phi) is 2.33. The standard InChI is InChI=1S/C13H15N5/c1-3-10-9(7-18(2)17-10)13-15-11-5-4-8(14)6-12(11)16-13/h4-7H,3,14H2,1-2H3,(H,15,16). The monoisotopic (exact) mass is 241 g/mol. The first-order valence-electron chi connectivity index (χ1n) is 5.95. The van der Waals surface area contributed by atoms with Gasteiger partial charge >= 0.3 is 0 Å². The summed E-state index contributed by atoms with van der Waals surface area (Å²) in [5.41, 5.74) is 10.5. The Morgan fingerprint density at radius 2 is 2.22 bits per heavy atom. The molecule has 5 nitrogen and oxygen atoms in total. The molecule has 0 aliphatic heterocycles. The molecule has 0 saturated carbocycles. The third-order valence-electron chi connectivity index (χ3n) is 3.00. The molecule has 3 N–H and O–H groups in total. The minimum absolute atomic E-state index is 0.736. The molecule has 0 bridgehead atoms. The summed E-state index contributed by atoms with van der Waals surface area (Å²) < 4.78 is 1.82. The summed E-state index contributed by atoms with van der Waals surface area (Å²) in [6.45, 7) is 2.09. The lowest BCUT2D eigenvalue weighted by Gasteiger charge is -1.93. The van der Waals surface area contributed by atoms with Crippen LogP contribution >= 0.6 is 0 Å². The van der Waals surface area contributed by atoms with Gasteiger partial charge in [0.15, 0.2) is 0 Å². The maximum atomic E-state index is 5.77. The number of aryl methyl sites for hydroxylation is 2. The van der Waals surface area contributed by atoms with E-state index in [1.165, 1.54) is 0 Å². The molecule has 0 spiro atoms. The Labute approximate surface area is 105 Å². The number of nitrogens with two attached hydrogens (primary N) is 1. The smallest absolute Gasteiger partial charge is 0.141 e. The molecule has 3 rings (SSSR count). The maximum absolute atomic E-state index is 5.77. The molecule has 0 aliphatic rings. The number of H-pyrrole nitrogens is 1. The average molecular weight is 241 g/mol. The van der Waals surface area contributed by atoms with Crippen molar-refractivity contribution in [2.24, 2.45) is 7.05 Å². The minimum Gasteiger partial charge on any atom is -0.399 e. The molecule has 0 radical (unpaired) electrons. The zero-order valence-electron chi connectivity index (χ0n) is 10.4. The van der Waals surface area contributed by atoms with Crippen LogP contribution in [0.1, 0.15) is 12.6 Å². The van der Waals surface area contributed by atoms with E-state index in [9.17, 15) is 0 Å². The molecule has 2 aromatic heterocycles. The first-order valence-corrected chi connectivity index (χ1v) is 5.95. The van der Waals surface area contributed by atoms with Gasteiger partial charge in [0.2, 0.25) is 0 Å². The number of hydrogen-bond donors (Lipinski definition) is 2. The van der Waals surface area contributed by atoms with Crippen LogP contribution in [-0.4, -0.2) is 19.7 Å². The number of benzene rings is 1. The van der Waals surface area contributed by atoms with Crippen LogP contribution in [-0.2, 0) is 13.5 Å². The molecule has 5 heteroatoms. The summed E-state index contributed by atoms with van der Waals surface area (Å²) in [5.74, 6) is 0.848. The minimum atomic E-state index is 0.736. The van der Waals surface area contributed by atoms with Crippen molar-refractivity contribution >= 4 is 16.7 Å². The van der Waals surface area contributed by atoms with Crippen LogP contribution in [0.2, 0.25) is 0 Å². The predicted octanol–water partition coefficient (Wildman–Crippen LogP) is 2.11. The van der Waals surface area contributed by atoms with Crippen LogP contribution in [0.5, 0.6) is 0 Å². The van der Waals surface area contributed by atoms with Crippen molar-refractivity contribution in [2.75, 3.05) is 5.73 Å². The van der Waals surface area contributed by atoms with Gasteiger partial charge in [0.1, 0.15) is 5.82 Å². The van der Waals surface area contributed by atoms with Crippen molar-refractivity contribution in [2.45, 2.75) is 13.3 Å². The second-order valence-electron chi connectivity index (χ2n) is 4.38. The van der Waals surface area contributed by atoms with E-state index in [0.29, 0.717) is 0 Å². The fourth-order valence-corrected chi connectivity index (χ4v) is 2.15. The van der Waals surface area contributed by atoms with Crippen molar-refractivity contribution in [1.29, 1.82) is 0 Å². The van der Waals surface area contributed by atoms with Gasteiger partial charge in [-0.3, -0.25) is 4.68 Å². The molecule has 2 heterocycles. The second-order valence-corrected chi connectivity index (χ2v) is 4.38. The van der Waals surface area contributed by atoms with Crippen LogP contribution in [0.15, 0.2) is 24.4 Å². The van der Waals surface area contributed by atoms with E-state index in [0.717, 1.165) is 40.2 Å². The van der Waals surface area contributed by atoms with Gasteiger partial charge in [0, 0.05) is 18.9 Å². The highest BCUT2D eigenvalue weighted by Crippen LogP contribution is 2.24. The predicted molar refractivity (Wildman–Crippen MR) is 72.1 cm³/mol. The van der Waals surface area contributed by atoms with Gasteiger partial charge in [-0.2, -0.15) is 5.10 Å². The summed E-state index contributed by atoms with van der Waals surface area (Å²) in [5, 5.41) is 4.43. The molecule has 3 aromatic rings. The molecule has 1 aromatic carbocycles. The number of anilines is 1. The summed E-state index contributed by atoms with van der Waals surface area (Å²) in [4.78, 5) is 7.88. The van der Waals surface area contributed by atoms with E-state index in [-0.39, 0.29) is 0 Å². The van der Waals surface area contributed by atoms with E-state index in [1.54, 1.807) is 0 Å². The molecule has 0 fully saturated rings. The molecule has 0 amide bonds. The number of fused-ring (bicyclic) bond motifs is 1. The third kappa shape index (κ3) is 1.64. The van der Waals surface area contributed by atoms with Crippen LogP contribution < -0.4 is 5.73 Å². The summed E-state index contributed by atoms with van der Waals surface area (Å²) in [6, 6.07) is 5.68. The van der Waals surface area contributed by atoms with Crippen molar-refractivity contribution < 1.29 is 0 Å². The molecule has 0 aliphatic carbocycles. The highest BCUT2D eigenvalue weighted by molar-refractivity contribution is 5.82. The number of aromatic amines is 1. The number of hydrogen-bond acceptors (Lipinski definition) is 3. The Bertz CT molecular complexity index is 707. The van der Waals surface area contributed by atoms with Crippen molar-refractivity contribution in [3.63, 3.8) is 0 Å². The topological polar surface area (TPSA) is 72.5 Å². The van der Waals surface area contributed by atoms with Gasteiger partial charge in [-0.1, -0.05) is 6.92 Å². The highest BCUT2D eigenvalue weighted by Gasteiger charge is 2.12. The molecular weight excluding hydrogens is 226 g/mol. The maximum Gasteiger partial charge on any atom is 0.141 e. The van der Waals surface area contributed by atoms with Gasteiger partial charge in [-0.05, 0) is 24.6 Å². The lowest BCUT2D eigenvalue weighted by atomic mass is 10.2. The molecular formula is C13H15N5. The van der Waals surface area contributed by atoms with E-state index in [4.69, 9.17) is 5.73 Å². The molecule has 0 saturated heterocycles. The quantitative estimate of drug-likeness (QED) is 0.675. The first-order chi connectivity index (χ1) is 8.67. The number of nitrogens with zero attached hydrogens (tertiary/aromatic N) is 3. The van der Waals surface area contributed by atoms with Crippen LogP contribution in [0.3, 0.4) is 0 Å². The van der Waals surface area contributed by atoms with E-state index >= 15 is 0 Å². The Balaban J connectivity index is 2.18. The van der Waals surface area contributed by atoms with E-state index in [2.05, 4.69) is 22.0 Å². The Hall–Kier alpha value is -2.30. The molecule has 92 valence electrons.